The molecule has 39 heavy (non-hydrogen) atoms. The summed E-state index contributed by atoms with van der Waals surface area (Å²) in [4.78, 5) is 20.1. The van der Waals surface area contributed by atoms with Crippen molar-refractivity contribution in [1.82, 2.24) is 15.2 Å². The van der Waals surface area contributed by atoms with Crippen LogP contribution in [0.4, 0.5) is 13.2 Å². The Balaban J connectivity index is 1.27. The van der Waals surface area contributed by atoms with E-state index in [1.54, 1.807) is 4.90 Å². The first-order valence-corrected chi connectivity index (χ1v) is 14.3. The predicted octanol–water partition coefficient (Wildman–Crippen LogP) is 5.91. The SMILES string of the molecule is N#CC1(c2ccc(Cl)cc2)CCNCC1[C@@H]1C[C@H]2CCC[C@@]2(C(=O)N2CCc3ncc(C(F)(F)F)cc3C2)C1. The molecule has 4 aliphatic rings. The Morgan fingerprint density at radius 3 is 2.77 bits per heavy atom. The zero-order chi connectivity index (χ0) is 27.4. The number of carbonyl (C=O) groups is 1. The van der Waals surface area contributed by atoms with E-state index in [1.807, 2.05) is 24.3 Å². The van der Waals surface area contributed by atoms with Crippen molar-refractivity contribution < 1.29 is 18.0 Å². The Morgan fingerprint density at radius 2 is 2.03 bits per heavy atom. The molecule has 1 amide bonds. The molecule has 206 valence electrons. The van der Waals surface area contributed by atoms with Crippen molar-refractivity contribution in [3.8, 4) is 6.07 Å². The normalized spacial score (nSPS) is 32.4. The minimum Gasteiger partial charge on any atom is -0.337 e. The smallest absolute Gasteiger partial charge is 0.337 e. The Labute approximate surface area is 231 Å². The van der Waals surface area contributed by atoms with E-state index in [0.29, 0.717) is 35.7 Å². The molecule has 6 rings (SSSR count). The van der Waals surface area contributed by atoms with Crippen molar-refractivity contribution in [3.05, 3.63) is 63.9 Å². The van der Waals surface area contributed by atoms with E-state index in [4.69, 9.17) is 11.6 Å². The second-order valence-corrected chi connectivity index (χ2v) is 12.3. The highest BCUT2D eigenvalue weighted by Gasteiger charge is 2.60. The van der Waals surface area contributed by atoms with Crippen LogP contribution in [0, 0.1) is 34.5 Å². The van der Waals surface area contributed by atoms with Gasteiger partial charge in [-0.05, 0) is 85.7 Å². The topological polar surface area (TPSA) is 69.0 Å². The first kappa shape index (κ1) is 26.6. The van der Waals surface area contributed by atoms with Gasteiger partial charge in [-0.1, -0.05) is 30.2 Å². The molecule has 9 heteroatoms. The van der Waals surface area contributed by atoms with Crippen molar-refractivity contribution in [2.24, 2.45) is 23.2 Å². The quantitative estimate of drug-likeness (QED) is 0.510. The first-order chi connectivity index (χ1) is 18.7. The molecule has 2 unspecified atom stereocenters. The third kappa shape index (κ3) is 4.42. The zero-order valence-electron chi connectivity index (χ0n) is 21.7. The molecule has 3 heterocycles. The standard InChI is InChI=1S/C30H32ClF3N4O/c31-24-5-3-21(4-6-24)29(18-35)9-10-36-16-25(29)19-12-22-2-1-8-28(22,14-19)27(39)38-11-7-26-20(17-38)13-23(15-37-26)30(32,33)34/h3-6,13,15,19,22,25,36H,1-2,7-12,14,16-17H2/t19-,22-,25?,28-,29?/m1/s1. The second kappa shape index (κ2) is 9.78. The molecule has 1 aromatic carbocycles. The van der Waals surface area contributed by atoms with Gasteiger partial charge in [-0.3, -0.25) is 9.78 Å². The number of piperidine rings is 1. The lowest BCUT2D eigenvalue weighted by Gasteiger charge is -2.44. The van der Waals surface area contributed by atoms with Crippen LogP contribution in [-0.4, -0.2) is 35.4 Å². The molecule has 2 saturated carbocycles. The summed E-state index contributed by atoms with van der Waals surface area (Å²) in [6.45, 7) is 2.12. The summed E-state index contributed by atoms with van der Waals surface area (Å²) in [5.74, 6) is 0.583. The van der Waals surface area contributed by atoms with Crippen molar-refractivity contribution in [3.63, 3.8) is 0 Å². The number of fused-ring (bicyclic) bond motifs is 2. The molecule has 2 aliphatic heterocycles. The molecule has 1 saturated heterocycles. The van der Waals surface area contributed by atoms with Crippen LogP contribution in [0.25, 0.3) is 0 Å². The van der Waals surface area contributed by atoms with E-state index in [-0.39, 0.29) is 30.2 Å². The molecule has 1 N–H and O–H groups in total. The monoisotopic (exact) mass is 556 g/mol. The van der Waals surface area contributed by atoms with Gasteiger partial charge in [-0.2, -0.15) is 18.4 Å². The van der Waals surface area contributed by atoms with Gasteiger partial charge < -0.3 is 10.2 Å². The molecular weight excluding hydrogens is 525 g/mol. The van der Waals surface area contributed by atoms with Crippen molar-refractivity contribution >= 4 is 17.5 Å². The minimum atomic E-state index is -4.46. The van der Waals surface area contributed by atoms with E-state index < -0.39 is 22.6 Å². The zero-order valence-corrected chi connectivity index (χ0v) is 22.5. The number of carbonyl (C=O) groups excluding carboxylic acids is 1. The Hall–Kier alpha value is -2.63. The number of aromatic nitrogens is 1. The summed E-state index contributed by atoms with van der Waals surface area (Å²) in [5, 5.41) is 14.7. The summed E-state index contributed by atoms with van der Waals surface area (Å²) in [6.07, 6.45) is 1.99. The van der Waals surface area contributed by atoms with Crippen LogP contribution < -0.4 is 5.32 Å². The highest BCUT2D eigenvalue weighted by atomic mass is 35.5. The Morgan fingerprint density at radius 1 is 1.23 bits per heavy atom. The van der Waals surface area contributed by atoms with Gasteiger partial charge in [0.15, 0.2) is 0 Å². The average molecular weight is 557 g/mol. The number of benzene rings is 1. The van der Waals surface area contributed by atoms with Crippen molar-refractivity contribution in [1.29, 1.82) is 5.26 Å². The van der Waals surface area contributed by atoms with Gasteiger partial charge in [-0.25, -0.2) is 0 Å². The lowest BCUT2D eigenvalue weighted by Crippen LogP contribution is -2.50. The number of nitrogens with one attached hydrogen (secondary N) is 1. The van der Waals surface area contributed by atoms with E-state index in [9.17, 15) is 23.2 Å². The molecule has 0 spiro atoms. The maximum atomic E-state index is 14.3. The third-order valence-electron chi connectivity index (χ3n) is 10.1. The summed E-state index contributed by atoms with van der Waals surface area (Å²) < 4.78 is 40.0. The fourth-order valence-electron chi connectivity index (χ4n) is 8.20. The predicted molar refractivity (Wildman–Crippen MR) is 141 cm³/mol. The number of hydrogen-bond donors (Lipinski definition) is 1. The number of alkyl halides is 3. The van der Waals surface area contributed by atoms with E-state index in [0.717, 1.165) is 63.0 Å². The van der Waals surface area contributed by atoms with Crippen LogP contribution >= 0.6 is 11.6 Å². The van der Waals surface area contributed by atoms with Crippen LogP contribution in [-0.2, 0) is 29.4 Å². The molecule has 0 bridgehead atoms. The van der Waals surface area contributed by atoms with Crippen LogP contribution in [0.1, 0.15) is 60.9 Å². The Kier molecular flexibility index (Phi) is 6.67. The van der Waals surface area contributed by atoms with Gasteiger partial charge in [0, 0.05) is 43.0 Å². The number of halogens is 4. The molecule has 1 aromatic heterocycles. The van der Waals surface area contributed by atoms with E-state index in [1.165, 1.54) is 0 Å². The molecule has 0 radical (unpaired) electrons. The van der Waals surface area contributed by atoms with Crippen LogP contribution in [0.2, 0.25) is 5.02 Å². The summed E-state index contributed by atoms with van der Waals surface area (Å²) in [6, 6.07) is 11.5. The molecule has 2 aliphatic carbocycles. The average Bonchev–Trinajstić information content (AvgIpc) is 3.50. The summed E-state index contributed by atoms with van der Waals surface area (Å²) in [5.41, 5.74) is 0.204. The van der Waals surface area contributed by atoms with Crippen molar-refractivity contribution in [2.75, 3.05) is 19.6 Å². The number of nitriles is 1. The van der Waals surface area contributed by atoms with Crippen molar-refractivity contribution in [2.45, 2.75) is 63.1 Å². The number of pyridine rings is 1. The van der Waals surface area contributed by atoms with Crippen LogP contribution in [0.5, 0.6) is 0 Å². The first-order valence-electron chi connectivity index (χ1n) is 13.9. The lowest BCUT2D eigenvalue weighted by molar-refractivity contribution is -0.144. The maximum absolute atomic E-state index is 14.3. The van der Waals surface area contributed by atoms with Gasteiger partial charge in [0.25, 0.3) is 0 Å². The number of amides is 1. The van der Waals surface area contributed by atoms with E-state index >= 15 is 0 Å². The van der Waals surface area contributed by atoms with Gasteiger partial charge in [0.05, 0.1) is 22.5 Å². The highest BCUT2D eigenvalue weighted by molar-refractivity contribution is 6.30. The lowest BCUT2D eigenvalue weighted by atomic mass is 9.62. The van der Waals surface area contributed by atoms with Gasteiger partial charge in [0.1, 0.15) is 0 Å². The van der Waals surface area contributed by atoms with Gasteiger partial charge in [-0.15, -0.1) is 0 Å². The fraction of sp³-hybridized carbons (Fsp3) is 0.567. The largest absolute Gasteiger partial charge is 0.417 e. The number of hydrogen-bond acceptors (Lipinski definition) is 4. The molecule has 5 atom stereocenters. The second-order valence-electron chi connectivity index (χ2n) is 11.9. The Bertz CT molecular complexity index is 1310. The minimum absolute atomic E-state index is 0.0633. The summed E-state index contributed by atoms with van der Waals surface area (Å²) in [7, 11) is 0. The van der Waals surface area contributed by atoms with Crippen LogP contribution in [0.15, 0.2) is 36.5 Å². The molecule has 5 nitrogen and oxygen atoms in total. The van der Waals surface area contributed by atoms with Gasteiger partial charge in [0.2, 0.25) is 5.91 Å². The van der Waals surface area contributed by atoms with Crippen LogP contribution in [0.3, 0.4) is 0 Å². The molecule has 3 fully saturated rings. The summed E-state index contributed by atoms with van der Waals surface area (Å²) >= 11 is 6.16. The number of rotatable bonds is 3. The number of nitrogens with zero attached hydrogens (tertiary/aromatic N) is 3. The molecular formula is C30H32ClF3N4O. The fourth-order valence-corrected chi connectivity index (χ4v) is 8.32. The maximum Gasteiger partial charge on any atom is 0.417 e. The van der Waals surface area contributed by atoms with E-state index in [2.05, 4.69) is 16.4 Å². The molecule has 2 aromatic rings. The highest BCUT2D eigenvalue weighted by Crippen LogP contribution is 2.61. The van der Waals surface area contributed by atoms with Gasteiger partial charge >= 0.3 is 6.18 Å². The third-order valence-corrected chi connectivity index (χ3v) is 10.3.